The fourth-order valence-corrected chi connectivity index (χ4v) is 1.65. The molecule has 0 amide bonds. The lowest BCUT2D eigenvalue weighted by Crippen LogP contribution is -2.00. The van der Waals surface area contributed by atoms with Crippen molar-refractivity contribution in [2.75, 3.05) is 11.5 Å². The normalized spacial score (nSPS) is 9.91. The summed E-state index contributed by atoms with van der Waals surface area (Å²) in [6, 6.07) is 0. The summed E-state index contributed by atoms with van der Waals surface area (Å²) in [6.07, 6.45) is 0. The molecular formula is C6H8N2O2S. The zero-order valence-corrected chi connectivity index (χ0v) is 6.73. The summed E-state index contributed by atoms with van der Waals surface area (Å²) in [6.45, 7) is 1.64. The van der Waals surface area contributed by atoms with Gasteiger partial charge in [0.1, 0.15) is 5.00 Å². The average Bonchev–Trinajstić information content (AvgIpc) is 2.07. The third-order valence-electron chi connectivity index (χ3n) is 1.42. The SMILES string of the molecule is Cc1c(N)sc(N)c1C(=O)O. The number of carbonyl (C=O) groups is 1. The maximum absolute atomic E-state index is 10.5. The molecule has 0 atom stereocenters. The van der Waals surface area contributed by atoms with Crippen LogP contribution in [0, 0.1) is 6.92 Å². The van der Waals surface area contributed by atoms with Gasteiger partial charge in [0.2, 0.25) is 0 Å². The maximum atomic E-state index is 10.5. The zero-order valence-electron chi connectivity index (χ0n) is 5.92. The third kappa shape index (κ3) is 1.14. The van der Waals surface area contributed by atoms with Crippen LogP contribution in [0.2, 0.25) is 0 Å². The molecule has 60 valence electrons. The topological polar surface area (TPSA) is 89.3 Å². The van der Waals surface area contributed by atoms with E-state index in [4.69, 9.17) is 16.6 Å². The van der Waals surface area contributed by atoms with Crippen LogP contribution >= 0.6 is 11.3 Å². The summed E-state index contributed by atoms with van der Waals surface area (Å²) in [5, 5.41) is 9.37. The van der Waals surface area contributed by atoms with E-state index >= 15 is 0 Å². The highest BCUT2D eigenvalue weighted by Crippen LogP contribution is 2.32. The molecule has 0 unspecified atom stereocenters. The second kappa shape index (κ2) is 2.43. The first-order chi connectivity index (χ1) is 5.04. The van der Waals surface area contributed by atoms with Gasteiger partial charge in [0, 0.05) is 0 Å². The lowest BCUT2D eigenvalue weighted by atomic mass is 10.2. The van der Waals surface area contributed by atoms with Gasteiger partial charge in [-0.05, 0) is 12.5 Å². The van der Waals surface area contributed by atoms with E-state index in [0.717, 1.165) is 11.3 Å². The van der Waals surface area contributed by atoms with Crippen molar-refractivity contribution < 1.29 is 9.90 Å². The highest BCUT2D eigenvalue weighted by atomic mass is 32.1. The van der Waals surface area contributed by atoms with Gasteiger partial charge >= 0.3 is 5.97 Å². The number of hydrogen-bond donors (Lipinski definition) is 3. The molecule has 0 saturated heterocycles. The Morgan fingerprint density at radius 2 is 2.00 bits per heavy atom. The number of carboxylic acid groups (broad SMARTS) is 1. The largest absolute Gasteiger partial charge is 0.478 e. The highest BCUT2D eigenvalue weighted by molar-refractivity contribution is 7.20. The Bertz CT molecular complexity index is 306. The molecule has 4 nitrogen and oxygen atoms in total. The molecule has 5 heteroatoms. The standard InChI is InChI=1S/C6H8N2O2S/c1-2-3(6(9)10)5(8)11-4(2)7/h7-8H2,1H3,(H,9,10). The second-order valence-corrected chi connectivity index (χ2v) is 3.22. The van der Waals surface area contributed by atoms with Crippen LogP contribution in [-0.2, 0) is 0 Å². The third-order valence-corrected chi connectivity index (χ3v) is 2.37. The Kier molecular flexibility index (Phi) is 1.74. The van der Waals surface area contributed by atoms with Gasteiger partial charge in [0.25, 0.3) is 0 Å². The number of hydrogen-bond acceptors (Lipinski definition) is 4. The van der Waals surface area contributed by atoms with Crippen LogP contribution < -0.4 is 11.5 Å². The molecule has 5 N–H and O–H groups in total. The molecule has 1 aromatic heterocycles. The van der Waals surface area contributed by atoms with Gasteiger partial charge < -0.3 is 16.6 Å². The Hall–Kier alpha value is -1.23. The number of nitrogens with two attached hydrogens (primary N) is 2. The predicted octanol–water partition coefficient (Wildman–Crippen LogP) is 0.919. The van der Waals surface area contributed by atoms with E-state index in [9.17, 15) is 4.79 Å². The minimum absolute atomic E-state index is 0.132. The van der Waals surface area contributed by atoms with E-state index in [0.29, 0.717) is 10.6 Å². The second-order valence-electron chi connectivity index (χ2n) is 2.14. The summed E-state index contributed by atoms with van der Waals surface area (Å²) >= 11 is 1.10. The van der Waals surface area contributed by atoms with Crippen molar-refractivity contribution in [2.45, 2.75) is 6.92 Å². The predicted molar refractivity (Wildman–Crippen MR) is 44.8 cm³/mol. The molecule has 1 heterocycles. The summed E-state index contributed by atoms with van der Waals surface area (Å²) in [5.41, 5.74) is 11.5. The maximum Gasteiger partial charge on any atom is 0.339 e. The van der Waals surface area contributed by atoms with Gasteiger partial charge in [-0.25, -0.2) is 4.79 Å². The van der Waals surface area contributed by atoms with Crippen molar-refractivity contribution in [3.8, 4) is 0 Å². The van der Waals surface area contributed by atoms with E-state index in [1.165, 1.54) is 0 Å². The van der Waals surface area contributed by atoms with Gasteiger partial charge in [-0.3, -0.25) is 0 Å². The van der Waals surface area contributed by atoms with E-state index in [1.54, 1.807) is 6.92 Å². The molecule has 0 aromatic carbocycles. The number of carboxylic acids is 1. The van der Waals surface area contributed by atoms with Gasteiger partial charge in [0.15, 0.2) is 0 Å². The van der Waals surface area contributed by atoms with E-state index in [-0.39, 0.29) is 10.6 Å². The molecular weight excluding hydrogens is 164 g/mol. The molecule has 0 aliphatic carbocycles. The number of anilines is 2. The van der Waals surface area contributed by atoms with Crippen molar-refractivity contribution in [3.05, 3.63) is 11.1 Å². The van der Waals surface area contributed by atoms with Crippen molar-refractivity contribution in [2.24, 2.45) is 0 Å². The number of nitrogen functional groups attached to an aromatic ring is 2. The Labute approximate surface area is 67.4 Å². The van der Waals surface area contributed by atoms with Crippen LogP contribution in [0.4, 0.5) is 10.0 Å². The summed E-state index contributed by atoms with van der Waals surface area (Å²) < 4.78 is 0. The molecule has 0 radical (unpaired) electrons. The van der Waals surface area contributed by atoms with Gasteiger partial charge in [-0.15, -0.1) is 11.3 Å². The monoisotopic (exact) mass is 172 g/mol. The summed E-state index contributed by atoms with van der Waals surface area (Å²) in [4.78, 5) is 10.5. The summed E-state index contributed by atoms with van der Waals surface area (Å²) in [7, 11) is 0. The molecule has 0 fully saturated rings. The van der Waals surface area contributed by atoms with Crippen LogP contribution in [0.5, 0.6) is 0 Å². The first-order valence-corrected chi connectivity index (χ1v) is 3.73. The molecule has 1 rings (SSSR count). The number of thiophene rings is 1. The molecule has 11 heavy (non-hydrogen) atoms. The lowest BCUT2D eigenvalue weighted by Gasteiger charge is -1.92. The van der Waals surface area contributed by atoms with Crippen molar-refractivity contribution in [1.29, 1.82) is 0 Å². The van der Waals surface area contributed by atoms with Crippen molar-refractivity contribution >= 4 is 27.3 Å². The van der Waals surface area contributed by atoms with Crippen LogP contribution in [0.3, 0.4) is 0 Å². The minimum atomic E-state index is -1.02. The van der Waals surface area contributed by atoms with E-state index in [1.807, 2.05) is 0 Å². The number of rotatable bonds is 1. The highest BCUT2D eigenvalue weighted by Gasteiger charge is 2.16. The zero-order chi connectivity index (χ0) is 8.59. The molecule has 0 saturated carbocycles. The first-order valence-electron chi connectivity index (χ1n) is 2.91. The Morgan fingerprint density at radius 3 is 2.18 bits per heavy atom. The summed E-state index contributed by atoms with van der Waals surface area (Å²) in [5.74, 6) is -1.02. The van der Waals surface area contributed by atoms with Crippen LogP contribution in [0.1, 0.15) is 15.9 Å². The van der Waals surface area contributed by atoms with Crippen LogP contribution in [-0.4, -0.2) is 11.1 Å². The van der Waals surface area contributed by atoms with E-state index in [2.05, 4.69) is 0 Å². The van der Waals surface area contributed by atoms with Gasteiger partial charge in [-0.1, -0.05) is 0 Å². The molecule has 1 aromatic rings. The Balaban J connectivity index is 3.34. The van der Waals surface area contributed by atoms with E-state index < -0.39 is 5.97 Å². The smallest absolute Gasteiger partial charge is 0.339 e. The van der Waals surface area contributed by atoms with Gasteiger partial charge in [-0.2, -0.15) is 0 Å². The fraction of sp³-hybridized carbons (Fsp3) is 0.167. The Morgan fingerprint density at radius 1 is 1.45 bits per heavy atom. The van der Waals surface area contributed by atoms with Gasteiger partial charge in [0.05, 0.1) is 10.6 Å². The minimum Gasteiger partial charge on any atom is -0.478 e. The average molecular weight is 172 g/mol. The van der Waals surface area contributed by atoms with Crippen molar-refractivity contribution in [3.63, 3.8) is 0 Å². The molecule has 0 bridgehead atoms. The number of aromatic carboxylic acids is 1. The molecule has 0 aliphatic heterocycles. The van der Waals surface area contributed by atoms with Crippen LogP contribution in [0.15, 0.2) is 0 Å². The molecule has 0 spiro atoms. The first kappa shape index (κ1) is 7.87. The van der Waals surface area contributed by atoms with Crippen molar-refractivity contribution in [1.82, 2.24) is 0 Å². The fourth-order valence-electron chi connectivity index (χ4n) is 0.820. The quantitative estimate of drug-likeness (QED) is 0.587. The molecule has 0 aliphatic rings. The lowest BCUT2D eigenvalue weighted by molar-refractivity contribution is 0.0698. The van der Waals surface area contributed by atoms with Crippen LogP contribution in [0.25, 0.3) is 0 Å².